The van der Waals surface area contributed by atoms with Gasteiger partial charge in [-0.3, -0.25) is 9.52 Å². The molecule has 3 rings (SSSR count). The lowest BCUT2D eigenvalue weighted by Gasteiger charge is -2.15. The molecule has 0 saturated carbocycles. The molecular weight excluding hydrogens is 392 g/mol. The number of nitrogens with zero attached hydrogens (tertiary/aromatic N) is 2. The molecule has 0 atom stereocenters. The Bertz CT molecular complexity index is 1200. The van der Waals surface area contributed by atoms with E-state index in [4.69, 9.17) is 4.74 Å². The zero-order chi connectivity index (χ0) is 21.0. The van der Waals surface area contributed by atoms with Crippen molar-refractivity contribution in [2.45, 2.75) is 0 Å². The van der Waals surface area contributed by atoms with Gasteiger partial charge in [0.25, 0.3) is 15.6 Å². The molecule has 0 fully saturated rings. The third-order valence-corrected chi connectivity index (χ3v) is 5.03. The van der Waals surface area contributed by atoms with Crippen molar-refractivity contribution in [3.8, 4) is 22.8 Å². The van der Waals surface area contributed by atoms with Gasteiger partial charge in [0.2, 0.25) is 5.88 Å². The van der Waals surface area contributed by atoms with Gasteiger partial charge in [-0.1, -0.05) is 12.6 Å². The normalized spacial score (nSPS) is 11.0. The van der Waals surface area contributed by atoms with E-state index in [1.54, 1.807) is 69.0 Å². The molecule has 0 saturated heterocycles. The van der Waals surface area contributed by atoms with Crippen LogP contribution in [-0.2, 0) is 17.1 Å². The molecule has 29 heavy (non-hydrogen) atoms. The van der Waals surface area contributed by atoms with Crippen molar-refractivity contribution in [1.82, 2.24) is 9.55 Å². The molecule has 3 aromatic rings. The highest BCUT2D eigenvalue weighted by atomic mass is 32.2. The summed E-state index contributed by atoms with van der Waals surface area (Å²) in [4.78, 5) is 16.4. The largest absolute Gasteiger partial charge is 0.438 e. The molecule has 0 bridgehead atoms. The first-order valence-electron chi connectivity index (χ1n) is 8.60. The second-order valence-electron chi connectivity index (χ2n) is 6.10. The molecule has 0 aliphatic rings. The zero-order valence-electron chi connectivity index (χ0n) is 15.9. The van der Waals surface area contributed by atoms with Crippen LogP contribution in [0, 0.1) is 0 Å². The first-order chi connectivity index (χ1) is 13.8. The van der Waals surface area contributed by atoms with Crippen LogP contribution in [0.25, 0.3) is 11.1 Å². The van der Waals surface area contributed by atoms with Crippen LogP contribution in [0.1, 0.15) is 0 Å². The van der Waals surface area contributed by atoms with Crippen molar-refractivity contribution < 1.29 is 13.2 Å². The van der Waals surface area contributed by atoms with E-state index in [9.17, 15) is 13.2 Å². The molecule has 1 aromatic carbocycles. The number of anilines is 2. The van der Waals surface area contributed by atoms with E-state index in [2.05, 4.69) is 21.6 Å². The van der Waals surface area contributed by atoms with E-state index in [1.165, 1.54) is 4.57 Å². The molecule has 9 heteroatoms. The third kappa shape index (κ3) is 4.64. The Labute approximate surface area is 168 Å². The van der Waals surface area contributed by atoms with Crippen LogP contribution in [-0.4, -0.2) is 25.0 Å². The monoisotopic (exact) mass is 412 g/mol. The number of aryl methyl sites for hydroxylation is 1. The predicted octanol–water partition coefficient (Wildman–Crippen LogP) is 3.17. The summed E-state index contributed by atoms with van der Waals surface area (Å²) in [6, 6.07) is 11.8. The smallest absolute Gasteiger partial charge is 0.273 e. The Morgan fingerprint density at radius 3 is 2.66 bits per heavy atom. The molecule has 0 unspecified atom stereocenters. The van der Waals surface area contributed by atoms with E-state index in [1.807, 2.05) is 0 Å². The van der Waals surface area contributed by atoms with Crippen LogP contribution < -0.4 is 20.3 Å². The fourth-order valence-corrected chi connectivity index (χ4v) is 3.21. The standard InChI is InChI=1S/C20H20N4O4S/c1-4-29(26,27)23-15-8-9-18(28-19-7-5-6-10-22-19)16(12-15)14-11-17(21-2)20(25)24(3)13-14/h4-13,21,23H,1H2,2-3H3. The van der Waals surface area contributed by atoms with Crippen LogP contribution in [0.3, 0.4) is 0 Å². The number of nitrogens with one attached hydrogen (secondary N) is 2. The van der Waals surface area contributed by atoms with Crippen LogP contribution in [0.15, 0.2) is 71.6 Å². The average Bonchev–Trinajstić information content (AvgIpc) is 2.71. The molecule has 150 valence electrons. The summed E-state index contributed by atoms with van der Waals surface area (Å²) in [6.07, 6.45) is 3.25. The second kappa shape index (κ2) is 8.19. The summed E-state index contributed by atoms with van der Waals surface area (Å²) in [5.74, 6) is 0.831. The van der Waals surface area contributed by atoms with Gasteiger partial charge in [-0.25, -0.2) is 13.4 Å². The topological polar surface area (TPSA) is 102 Å². The summed E-state index contributed by atoms with van der Waals surface area (Å²) in [7, 11) is -0.389. The van der Waals surface area contributed by atoms with Gasteiger partial charge < -0.3 is 14.6 Å². The lowest BCUT2D eigenvalue weighted by atomic mass is 10.0. The maximum absolute atomic E-state index is 12.2. The van der Waals surface area contributed by atoms with Crippen molar-refractivity contribution in [3.05, 3.63) is 77.2 Å². The highest BCUT2D eigenvalue weighted by Gasteiger charge is 2.14. The summed E-state index contributed by atoms with van der Waals surface area (Å²) < 4.78 is 33.5. The van der Waals surface area contributed by atoms with Crippen LogP contribution in [0.5, 0.6) is 11.6 Å². The second-order valence-corrected chi connectivity index (χ2v) is 7.73. The molecule has 2 aromatic heterocycles. The number of benzene rings is 1. The Hall–Kier alpha value is -3.59. The molecule has 0 spiro atoms. The number of rotatable bonds is 7. The number of pyridine rings is 2. The predicted molar refractivity (Wildman–Crippen MR) is 114 cm³/mol. The number of sulfonamides is 1. The molecular formula is C20H20N4O4S. The molecule has 2 heterocycles. The Morgan fingerprint density at radius 1 is 1.21 bits per heavy atom. The minimum Gasteiger partial charge on any atom is -0.438 e. The molecule has 0 amide bonds. The zero-order valence-corrected chi connectivity index (χ0v) is 16.7. The molecule has 2 N–H and O–H groups in total. The van der Waals surface area contributed by atoms with Crippen LogP contribution >= 0.6 is 0 Å². The fraction of sp³-hybridized carbons (Fsp3) is 0.100. The minimum atomic E-state index is -3.68. The van der Waals surface area contributed by atoms with Gasteiger partial charge in [-0.2, -0.15) is 0 Å². The Morgan fingerprint density at radius 2 is 2.00 bits per heavy atom. The van der Waals surface area contributed by atoms with Crippen molar-refractivity contribution in [3.63, 3.8) is 0 Å². The lowest BCUT2D eigenvalue weighted by molar-refractivity contribution is 0.464. The van der Waals surface area contributed by atoms with Gasteiger partial charge in [0, 0.05) is 54.8 Å². The molecule has 0 radical (unpaired) electrons. The summed E-state index contributed by atoms with van der Waals surface area (Å²) in [5, 5.41) is 3.70. The summed E-state index contributed by atoms with van der Waals surface area (Å²) >= 11 is 0. The highest BCUT2D eigenvalue weighted by molar-refractivity contribution is 7.95. The maximum atomic E-state index is 12.2. The summed E-state index contributed by atoms with van der Waals surface area (Å²) in [5.41, 5.74) is 1.76. The number of ether oxygens (including phenoxy) is 1. The van der Waals surface area contributed by atoms with Gasteiger partial charge in [-0.05, 0) is 30.3 Å². The molecule has 0 aliphatic heterocycles. The highest BCUT2D eigenvalue weighted by Crippen LogP contribution is 2.35. The lowest BCUT2D eigenvalue weighted by Crippen LogP contribution is -2.19. The third-order valence-electron chi connectivity index (χ3n) is 4.08. The fourth-order valence-electron chi connectivity index (χ4n) is 2.67. The Kier molecular flexibility index (Phi) is 5.69. The van der Waals surface area contributed by atoms with Crippen molar-refractivity contribution in [2.24, 2.45) is 7.05 Å². The van der Waals surface area contributed by atoms with Crippen LogP contribution in [0.2, 0.25) is 0 Å². The van der Waals surface area contributed by atoms with E-state index in [-0.39, 0.29) is 5.56 Å². The number of hydrogen-bond acceptors (Lipinski definition) is 6. The van der Waals surface area contributed by atoms with Gasteiger partial charge in [0.05, 0.1) is 0 Å². The van der Waals surface area contributed by atoms with Gasteiger partial charge >= 0.3 is 0 Å². The van der Waals surface area contributed by atoms with E-state index >= 15 is 0 Å². The van der Waals surface area contributed by atoms with E-state index < -0.39 is 10.0 Å². The van der Waals surface area contributed by atoms with Crippen LogP contribution in [0.4, 0.5) is 11.4 Å². The molecule has 8 nitrogen and oxygen atoms in total. The van der Waals surface area contributed by atoms with Gasteiger partial charge in [-0.15, -0.1) is 0 Å². The van der Waals surface area contributed by atoms with E-state index in [0.717, 1.165) is 5.41 Å². The minimum absolute atomic E-state index is 0.188. The first-order valence-corrected chi connectivity index (χ1v) is 10.1. The quantitative estimate of drug-likeness (QED) is 0.618. The van der Waals surface area contributed by atoms with Gasteiger partial charge in [0.15, 0.2) is 0 Å². The average molecular weight is 412 g/mol. The SMILES string of the molecule is C=CS(=O)(=O)Nc1ccc(Oc2ccccn2)c(-c2cc(NC)c(=O)n(C)c2)c1. The molecule has 0 aliphatic carbocycles. The maximum Gasteiger partial charge on any atom is 0.273 e. The number of aromatic nitrogens is 2. The van der Waals surface area contributed by atoms with E-state index in [0.29, 0.717) is 34.1 Å². The van der Waals surface area contributed by atoms with Gasteiger partial charge in [0.1, 0.15) is 11.4 Å². The first kappa shape index (κ1) is 20.2. The van der Waals surface area contributed by atoms with Crippen molar-refractivity contribution >= 4 is 21.4 Å². The number of hydrogen-bond donors (Lipinski definition) is 2. The van der Waals surface area contributed by atoms with Crippen molar-refractivity contribution in [1.29, 1.82) is 0 Å². The Balaban J connectivity index is 2.16. The summed E-state index contributed by atoms with van der Waals surface area (Å²) in [6.45, 7) is 3.30. The van der Waals surface area contributed by atoms with Crippen molar-refractivity contribution in [2.75, 3.05) is 17.1 Å².